The summed E-state index contributed by atoms with van der Waals surface area (Å²) in [4.78, 5) is 14.8. The second-order valence-corrected chi connectivity index (χ2v) is 4.17. The van der Waals surface area contributed by atoms with Crippen LogP contribution in [0.5, 0.6) is 0 Å². The Morgan fingerprint density at radius 3 is 2.81 bits per heavy atom. The first-order valence-electron chi connectivity index (χ1n) is 5.37. The molecule has 1 aromatic rings. The van der Waals surface area contributed by atoms with Gasteiger partial charge in [0.25, 0.3) is 5.91 Å². The first-order valence-corrected chi connectivity index (χ1v) is 5.37. The minimum Gasteiger partial charge on any atom is -0.365 e. The summed E-state index contributed by atoms with van der Waals surface area (Å²) in [5, 5.41) is 2.99. The molecule has 1 amide bonds. The number of hydrogen-bond acceptors (Lipinski definition) is 2. The summed E-state index contributed by atoms with van der Waals surface area (Å²) in [7, 11) is 0. The summed E-state index contributed by atoms with van der Waals surface area (Å²) in [6.45, 7) is 2.42. The highest BCUT2D eigenvalue weighted by atomic mass is 35.5. The third-order valence-electron chi connectivity index (χ3n) is 2.96. The topological polar surface area (TPSA) is 70.9 Å². The third kappa shape index (κ3) is 2.77. The van der Waals surface area contributed by atoms with Crippen LogP contribution in [0.2, 0.25) is 0 Å². The van der Waals surface area contributed by atoms with Crippen LogP contribution in [0.15, 0.2) is 12.3 Å². The highest BCUT2D eigenvalue weighted by Gasteiger charge is 2.31. The SMILES string of the molecule is Cc1[nH]ccc1C(=O)NC(CN)C1CC1.Cl. The maximum absolute atomic E-state index is 11.8. The van der Waals surface area contributed by atoms with Crippen LogP contribution in [0.1, 0.15) is 28.9 Å². The molecule has 1 aliphatic carbocycles. The predicted octanol–water partition coefficient (Wildman–Crippen LogP) is 1.21. The molecule has 0 aromatic carbocycles. The van der Waals surface area contributed by atoms with E-state index in [-0.39, 0.29) is 24.4 Å². The van der Waals surface area contributed by atoms with Crippen LogP contribution < -0.4 is 11.1 Å². The van der Waals surface area contributed by atoms with Crippen LogP contribution in [0.25, 0.3) is 0 Å². The van der Waals surface area contributed by atoms with Crippen LogP contribution in [0.3, 0.4) is 0 Å². The van der Waals surface area contributed by atoms with Crippen molar-refractivity contribution in [2.24, 2.45) is 11.7 Å². The van der Waals surface area contributed by atoms with Crippen LogP contribution >= 0.6 is 12.4 Å². The van der Waals surface area contributed by atoms with Gasteiger partial charge in [0.05, 0.1) is 5.56 Å². The molecule has 1 atom stereocenters. The van der Waals surface area contributed by atoms with Crippen molar-refractivity contribution in [3.63, 3.8) is 0 Å². The number of carbonyl (C=O) groups is 1. The number of aromatic amines is 1. The first-order chi connectivity index (χ1) is 7.22. The highest BCUT2D eigenvalue weighted by Crippen LogP contribution is 2.32. The van der Waals surface area contributed by atoms with E-state index in [9.17, 15) is 4.79 Å². The zero-order valence-corrected chi connectivity index (χ0v) is 10.1. The Bertz CT molecular complexity index is 360. The summed E-state index contributed by atoms with van der Waals surface area (Å²) in [6.07, 6.45) is 4.15. The Morgan fingerprint density at radius 1 is 1.69 bits per heavy atom. The quantitative estimate of drug-likeness (QED) is 0.744. The fourth-order valence-corrected chi connectivity index (χ4v) is 1.81. The summed E-state index contributed by atoms with van der Waals surface area (Å²) in [5.41, 5.74) is 7.25. The molecule has 1 heterocycles. The van der Waals surface area contributed by atoms with Gasteiger partial charge in [0.2, 0.25) is 0 Å². The van der Waals surface area contributed by atoms with Gasteiger partial charge in [-0.2, -0.15) is 0 Å². The highest BCUT2D eigenvalue weighted by molar-refractivity contribution is 5.95. The molecule has 5 heteroatoms. The minimum atomic E-state index is -0.0175. The number of hydrogen-bond donors (Lipinski definition) is 3. The molecular weight excluding hydrogens is 226 g/mol. The minimum absolute atomic E-state index is 0. The smallest absolute Gasteiger partial charge is 0.253 e. The van der Waals surface area contributed by atoms with Gasteiger partial charge in [-0.05, 0) is 31.7 Å². The molecule has 2 rings (SSSR count). The number of amides is 1. The van der Waals surface area contributed by atoms with E-state index in [0.717, 1.165) is 5.69 Å². The molecule has 0 spiro atoms. The summed E-state index contributed by atoms with van der Waals surface area (Å²) < 4.78 is 0. The first kappa shape index (κ1) is 13.1. The number of carbonyl (C=O) groups excluding carboxylic acids is 1. The lowest BCUT2D eigenvalue weighted by Crippen LogP contribution is -2.41. The Labute approximate surface area is 101 Å². The molecule has 16 heavy (non-hydrogen) atoms. The molecule has 90 valence electrons. The molecule has 1 saturated carbocycles. The second-order valence-electron chi connectivity index (χ2n) is 4.17. The van der Waals surface area contributed by atoms with E-state index in [1.807, 2.05) is 6.92 Å². The van der Waals surface area contributed by atoms with Crippen molar-refractivity contribution in [2.45, 2.75) is 25.8 Å². The van der Waals surface area contributed by atoms with E-state index in [4.69, 9.17) is 5.73 Å². The Balaban J connectivity index is 0.00000128. The molecule has 0 bridgehead atoms. The molecule has 0 radical (unpaired) electrons. The third-order valence-corrected chi connectivity index (χ3v) is 2.96. The Kier molecular flexibility index (Phi) is 4.38. The fourth-order valence-electron chi connectivity index (χ4n) is 1.81. The molecular formula is C11H18ClN3O. The normalized spacial score (nSPS) is 16.4. The zero-order chi connectivity index (χ0) is 10.8. The van der Waals surface area contributed by atoms with E-state index < -0.39 is 0 Å². The van der Waals surface area contributed by atoms with Gasteiger partial charge in [0.15, 0.2) is 0 Å². The number of aromatic nitrogens is 1. The van der Waals surface area contributed by atoms with E-state index in [1.165, 1.54) is 12.8 Å². The number of nitrogens with one attached hydrogen (secondary N) is 2. The van der Waals surface area contributed by atoms with Crippen LogP contribution in [-0.4, -0.2) is 23.5 Å². The molecule has 0 saturated heterocycles. The van der Waals surface area contributed by atoms with Gasteiger partial charge in [-0.15, -0.1) is 12.4 Å². The number of H-pyrrole nitrogens is 1. The van der Waals surface area contributed by atoms with Gasteiger partial charge in [-0.25, -0.2) is 0 Å². The van der Waals surface area contributed by atoms with E-state index in [0.29, 0.717) is 18.0 Å². The number of nitrogens with two attached hydrogens (primary N) is 1. The van der Waals surface area contributed by atoms with Crippen LogP contribution in [-0.2, 0) is 0 Å². The standard InChI is InChI=1S/C11H17N3O.ClH/c1-7-9(4-5-13-7)11(15)14-10(6-12)8-2-3-8;/h4-5,8,10,13H,2-3,6,12H2,1H3,(H,14,15);1H. The lowest BCUT2D eigenvalue weighted by Gasteiger charge is -2.15. The van der Waals surface area contributed by atoms with Gasteiger partial charge in [-0.1, -0.05) is 0 Å². The van der Waals surface area contributed by atoms with Crippen molar-refractivity contribution in [1.29, 1.82) is 0 Å². The largest absolute Gasteiger partial charge is 0.365 e. The van der Waals surface area contributed by atoms with Crippen LogP contribution in [0.4, 0.5) is 0 Å². The second kappa shape index (κ2) is 5.37. The summed E-state index contributed by atoms with van der Waals surface area (Å²) >= 11 is 0. The summed E-state index contributed by atoms with van der Waals surface area (Å²) in [6, 6.07) is 1.94. The maximum atomic E-state index is 11.8. The number of aryl methyl sites for hydroxylation is 1. The molecule has 4 nitrogen and oxygen atoms in total. The zero-order valence-electron chi connectivity index (χ0n) is 9.32. The summed E-state index contributed by atoms with van der Waals surface area (Å²) in [5.74, 6) is 0.578. The Hall–Kier alpha value is -1.00. The van der Waals surface area contributed by atoms with E-state index in [2.05, 4.69) is 10.3 Å². The van der Waals surface area contributed by atoms with Gasteiger partial charge < -0.3 is 16.0 Å². The lowest BCUT2D eigenvalue weighted by molar-refractivity contribution is 0.0933. The molecule has 1 aromatic heterocycles. The fraction of sp³-hybridized carbons (Fsp3) is 0.545. The molecule has 1 unspecified atom stereocenters. The number of rotatable bonds is 4. The lowest BCUT2D eigenvalue weighted by atomic mass is 10.1. The monoisotopic (exact) mass is 243 g/mol. The number of halogens is 1. The van der Waals surface area contributed by atoms with Crippen molar-refractivity contribution in [2.75, 3.05) is 6.54 Å². The predicted molar refractivity (Wildman–Crippen MR) is 65.8 cm³/mol. The van der Waals surface area contributed by atoms with Crippen molar-refractivity contribution in [3.8, 4) is 0 Å². The van der Waals surface area contributed by atoms with Gasteiger partial charge >= 0.3 is 0 Å². The van der Waals surface area contributed by atoms with Gasteiger partial charge in [-0.3, -0.25) is 4.79 Å². The average Bonchev–Trinajstić information content (AvgIpc) is 2.97. The molecule has 1 fully saturated rings. The maximum Gasteiger partial charge on any atom is 0.253 e. The van der Waals surface area contributed by atoms with Crippen LogP contribution in [0, 0.1) is 12.8 Å². The molecule has 0 aliphatic heterocycles. The van der Waals surface area contributed by atoms with E-state index >= 15 is 0 Å². The van der Waals surface area contributed by atoms with Gasteiger partial charge in [0, 0.05) is 24.5 Å². The van der Waals surface area contributed by atoms with E-state index in [1.54, 1.807) is 12.3 Å². The van der Waals surface area contributed by atoms with Crippen molar-refractivity contribution >= 4 is 18.3 Å². The molecule has 4 N–H and O–H groups in total. The van der Waals surface area contributed by atoms with Crippen molar-refractivity contribution in [3.05, 3.63) is 23.5 Å². The Morgan fingerprint density at radius 2 is 2.38 bits per heavy atom. The van der Waals surface area contributed by atoms with Crippen molar-refractivity contribution in [1.82, 2.24) is 10.3 Å². The average molecular weight is 244 g/mol. The van der Waals surface area contributed by atoms with Crippen molar-refractivity contribution < 1.29 is 4.79 Å². The molecule has 1 aliphatic rings. The van der Waals surface area contributed by atoms with Gasteiger partial charge in [0.1, 0.15) is 0 Å².